The molecule has 5 heteroatoms. The minimum Gasteiger partial charge on any atom is -0.368 e. The molecule has 84 valence electrons. The number of H-pyrrole nitrogens is 1. The fourth-order valence-electron chi connectivity index (χ4n) is 1.55. The Bertz CT molecular complexity index is 493. The van der Waals surface area contributed by atoms with Crippen LogP contribution >= 0.6 is 0 Å². The van der Waals surface area contributed by atoms with Gasteiger partial charge in [-0.15, -0.1) is 0 Å². The fourth-order valence-corrected chi connectivity index (χ4v) is 1.55. The lowest BCUT2D eigenvalue weighted by Gasteiger charge is -2.05. The average Bonchev–Trinajstić information content (AvgIpc) is 2.72. The number of nitrogens with two attached hydrogens (primary N) is 1. The fraction of sp³-hybridized carbons (Fsp3) is 0.182. The molecule has 0 atom stereocenters. The Morgan fingerprint density at radius 3 is 3.12 bits per heavy atom. The molecule has 1 aromatic carbocycles. The van der Waals surface area contributed by atoms with Crippen molar-refractivity contribution in [3.05, 3.63) is 36.0 Å². The predicted octanol–water partition coefficient (Wildman–Crippen LogP) is 0.674. The number of para-hydroxylation sites is 1. The highest BCUT2D eigenvalue weighted by Gasteiger charge is 2.01. The number of carbonyl (C=O) groups excluding carboxylic acids is 1. The number of hydrogen-bond donors (Lipinski definition) is 3. The van der Waals surface area contributed by atoms with E-state index in [2.05, 4.69) is 10.5 Å². The van der Waals surface area contributed by atoms with Crippen molar-refractivity contribution in [2.75, 3.05) is 6.61 Å². The van der Waals surface area contributed by atoms with E-state index in [1.807, 2.05) is 30.5 Å². The van der Waals surface area contributed by atoms with Gasteiger partial charge in [0.25, 0.3) is 0 Å². The van der Waals surface area contributed by atoms with Gasteiger partial charge < -0.3 is 10.7 Å². The Kier molecular flexibility index (Phi) is 3.19. The Morgan fingerprint density at radius 2 is 2.31 bits per heavy atom. The van der Waals surface area contributed by atoms with E-state index in [0.29, 0.717) is 6.54 Å². The van der Waals surface area contributed by atoms with Gasteiger partial charge in [0.05, 0.1) is 0 Å². The van der Waals surface area contributed by atoms with Gasteiger partial charge >= 0.3 is 0 Å². The minimum absolute atomic E-state index is 0.124. The zero-order valence-electron chi connectivity index (χ0n) is 8.69. The molecule has 5 nitrogen and oxygen atoms in total. The Labute approximate surface area is 92.5 Å². The van der Waals surface area contributed by atoms with E-state index in [1.165, 1.54) is 0 Å². The normalized spacial score (nSPS) is 10.8. The highest BCUT2D eigenvalue weighted by Crippen LogP contribution is 2.16. The summed E-state index contributed by atoms with van der Waals surface area (Å²) in [6.07, 6.45) is 1.89. The number of rotatable bonds is 5. The topological polar surface area (TPSA) is 80.1 Å². The van der Waals surface area contributed by atoms with Gasteiger partial charge in [-0.25, -0.2) is 0 Å². The summed E-state index contributed by atoms with van der Waals surface area (Å²) in [4.78, 5) is 18.5. The summed E-state index contributed by atoms with van der Waals surface area (Å²) in [6.45, 7) is 0.395. The molecular weight excluding hydrogens is 206 g/mol. The van der Waals surface area contributed by atoms with E-state index in [0.717, 1.165) is 16.5 Å². The second-order valence-electron chi connectivity index (χ2n) is 3.44. The van der Waals surface area contributed by atoms with E-state index >= 15 is 0 Å². The maximum absolute atomic E-state index is 10.4. The zero-order chi connectivity index (χ0) is 11.4. The zero-order valence-corrected chi connectivity index (χ0v) is 8.69. The first-order valence-corrected chi connectivity index (χ1v) is 4.95. The number of aromatic nitrogens is 1. The molecule has 0 radical (unpaired) electrons. The van der Waals surface area contributed by atoms with Gasteiger partial charge in [-0.2, -0.15) is 5.48 Å². The number of carbonyl (C=O) groups is 1. The largest absolute Gasteiger partial charge is 0.368 e. The van der Waals surface area contributed by atoms with E-state index in [1.54, 1.807) is 0 Å². The quantitative estimate of drug-likeness (QED) is 0.511. The summed E-state index contributed by atoms with van der Waals surface area (Å²) in [5.74, 6) is -0.495. The van der Waals surface area contributed by atoms with Crippen LogP contribution in [0.1, 0.15) is 5.56 Å². The summed E-state index contributed by atoms with van der Waals surface area (Å²) >= 11 is 0. The molecule has 0 aliphatic carbocycles. The standard InChI is InChI=1S/C11H13N3O2/c12-10(15)7-16-14-6-9-3-1-2-8-4-5-13-11(8)9/h1-5,13-14H,6-7H2,(H2,12,15). The number of primary amides is 1. The first-order valence-electron chi connectivity index (χ1n) is 4.95. The molecule has 0 bridgehead atoms. The second-order valence-corrected chi connectivity index (χ2v) is 3.44. The number of hydroxylamine groups is 1. The van der Waals surface area contributed by atoms with Gasteiger partial charge in [0.2, 0.25) is 5.91 Å². The summed E-state index contributed by atoms with van der Waals surface area (Å²) < 4.78 is 0. The van der Waals surface area contributed by atoms with Gasteiger partial charge in [-0.3, -0.25) is 9.63 Å². The van der Waals surface area contributed by atoms with Crippen LogP contribution < -0.4 is 11.2 Å². The Morgan fingerprint density at radius 1 is 1.44 bits per heavy atom. The van der Waals surface area contributed by atoms with Crippen LogP contribution in [0.5, 0.6) is 0 Å². The monoisotopic (exact) mass is 219 g/mol. The van der Waals surface area contributed by atoms with Crippen LogP contribution in [0.15, 0.2) is 30.5 Å². The van der Waals surface area contributed by atoms with Gasteiger partial charge in [0.15, 0.2) is 0 Å². The predicted molar refractivity (Wildman–Crippen MR) is 60.3 cm³/mol. The van der Waals surface area contributed by atoms with Crippen LogP contribution in [0, 0.1) is 0 Å². The van der Waals surface area contributed by atoms with Crippen LogP contribution in [0.2, 0.25) is 0 Å². The summed E-state index contributed by atoms with van der Waals surface area (Å²) in [5.41, 5.74) is 9.77. The first-order chi connectivity index (χ1) is 7.77. The van der Waals surface area contributed by atoms with Crippen LogP contribution in [0.25, 0.3) is 10.9 Å². The van der Waals surface area contributed by atoms with Gasteiger partial charge in [0, 0.05) is 18.3 Å². The number of hydrogen-bond acceptors (Lipinski definition) is 3. The smallest absolute Gasteiger partial charge is 0.245 e. The first kappa shape index (κ1) is 10.7. The van der Waals surface area contributed by atoms with Crippen molar-refractivity contribution in [3.8, 4) is 0 Å². The molecule has 2 rings (SSSR count). The van der Waals surface area contributed by atoms with E-state index < -0.39 is 5.91 Å². The second kappa shape index (κ2) is 4.78. The van der Waals surface area contributed by atoms with Crippen molar-refractivity contribution in [2.24, 2.45) is 5.73 Å². The van der Waals surface area contributed by atoms with Crippen molar-refractivity contribution in [2.45, 2.75) is 6.54 Å². The molecule has 1 heterocycles. The third-order valence-corrected chi connectivity index (χ3v) is 2.25. The van der Waals surface area contributed by atoms with Gasteiger partial charge in [-0.05, 0) is 17.0 Å². The Hall–Kier alpha value is -1.85. The number of fused-ring (bicyclic) bond motifs is 1. The van der Waals surface area contributed by atoms with Gasteiger partial charge in [0.1, 0.15) is 6.61 Å². The SMILES string of the molecule is NC(=O)CONCc1cccc2cc[nH]c12. The summed E-state index contributed by atoms with van der Waals surface area (Å²) in [7, 11) is 0. The van der Waals surface area contributed by atoms with Crippen molar-refractivity contribution in [1.29, 1.82) is 0 Å². The van der Waals surface area contributed by atoms with Crippen molar-refractivity contribution < 1.29 is 9.63 Å². The van der Waals surface area contributed by atoms with Crippen molar-refractivity contribution >= 4 is 16.8 Å². The molecular formula is C11H13N3O2. The van der Waals surface area contributed by atoms with Crippen LogP contribution in [0.3, 0.4) is 0 Å². The molecule has 0 saturated carbocycles. The minimum atomic E-state index is -0.495. The third-order valence-electron chi connectivity index (χ3n) is 2.25. The maximum Gasteiger partial charge on any atom is 0.245 e. The van der Waals surface area contributed by atoms with E-state index in [-0.39, 0.29) is 6.61 Å². The third kappa shape index (κ3) is 2.39. The van der Waals surface area contributed by atoms with Crippen molar-refractivity contribution in [3.63, 3.8) is 0 Å². The highest BCUT2D eigenvalue weighted by atomic mass is 16.6. The molecule has 0 aliphatic rings. The number of benzene rings is 1. The van der Waals surface area contributed by atoms with Crippen LogP contribution in [-0.4, -0.2) is 17.5 Å². The highest BCUT2D eigenvalue weighted by molar-refractivity contribution is 5.82. The van der Waals surface area contributed by atoms with E-state index in [9.17, 15) is 4.79 Å². The molecule has 0 spiro atoms. The molecule has 0 aliphatic heterocycles. The molecule has 0 fully saturated rings. The number of aromatic amines is 1. The lowest BCUT2D eigenvalue weighted by molar-refractivity contribution is -0.125. The molecule has 4 N–H and O–H groups in total. The lowest BCUT2D eigenvalue weighted by atomic mass is 10.1. The van der Waals surface area contributed by atoms with Crippen LogP contribution in [-0.2, 0) is 16.2 Å². The summed E-state index contributed by atoms with van der Waals surface area (Å²) in [6, 6.07) is 7.99. The maximum atomic E-state index is 10.4. The molecule has 0 unspecified atom stereocenters. The molecule has 2 aromatic rings. The van der Waals surface area contributed by atoms with E-state index in [4.69, 9.17) is 10.6 Å². The van der Waals surface area contributed by atoms with Gasteiger partial charge in [-0.1, -0.05) is 18.2 Å². The molecule has 0 saturated heterocycles. The average molecular weight is 219 g/mol. The number of nitrogens with one attached hydrogen (secondary N) is 2. The molecule has 16 heavy (non-hydrogen) atoms. The number of amides is 1. The lowest BCUT2D eigenvalue weighted by Crippen LogP contribution is -2.24. The molecule has 1 amide bonds. The van der Waals surface area contributed by atoms with Crippen molar-refractivity contribution in [1.82, 2.24) is 10.5 Å². The molecule has 1 aromatic heterocycles. The van der Waals surface area contributed by atoms with Crippen LogP contribution in [0.4, 0.5) is 0 Å². The Balaban J connectivity index is 1.98. The summed E-state index contributed by atoms with van der Waals surface area (Å²) in [5, 5.41) is 1.15.